The van der Waals surface area contributed by atoms with Crippen molar-refractivity contribution in [1.29, 1.82) is 0 Å². The topological polar surface area (TPSA) is 61.9 Å². The Kier molecular flexibility index (Phi) is 7.20. The first-order chi connectivity index (χ1) is 16.2. The molecule has 2 aliphatic rings. The number of nitrogens with zero attached hydrogens (tertiary/aromatic N) is 2. The zero-order chi connectivity index (χ0) is 24.3. The Morgan fingerprint density at radius 2 is 1.68 bits per heavy atom. The Morgan fingerprint density at radius 3 is 2.29 bits per heavy atom. The highest BCUT2D eigenvalue weighted by Crippen LogP contribution is 2.39. The van der Waals surface area contributed by atoms with Crippen molar-refractivity contribution in [2.24, 2.45) is 0 Å². The van der Waals surface area contributed by atoms with E-state index in [0.29, 0.717) is 24.2 Å². The largest absolute Gasteiger partial charge is 0.444 e. The molecule has 0 atom stereocenters. The van der Waals surface area contributed by atoms with E-state index in [-0.39, 0.29) is 5.91 Å². The maximum Gasteiger partial charge on any atom is 0.408 e. The van der Waals surface area contributed by atoms with Gasteiger partial charge in [0.05, 0.1) is 22.8 Å². The predicted molar refractivity (Wildman–Crippen MR) is 135 cm³/mol. The first-order valence-corrected chi connectivity index (χ1v) is 12.4. The molecule has 0 bridgehead atoms. The van der Waals surface area contributed by atoms with Crippen LogP contribution in [0.4, 0.5) is 10.5 Å². The number of nitrogens with one attached hydrogen (secondary N) is 1. The Hall–Kier alpha value is -2.57. The first-order valence-electron chi connectivity index (χ1n) is 12.0. The summed E-state index contributed by atoms with van der Waals surface area (Å²) in [5.74, 6) is 0.0751. The molecule has 34 heavy (non-hydrogen) atoms. The number of carbonyl (C=O) groups is 2. The van der Waals surface area contributed by atoms with Crippen molar-refractivity contribution in [2.75, 3.05) is 24.5 Å². The number of para-hydroxylation sites is 1. The fraction of sp³-hybridized carbons (Fsp3) is 0.481. The monoisotopic (exact) mass is 483 g/mol. The number of halogens is 1. The van der Waals surface area contributed by atoms with E-state index < -0.39 is 17.2 Å². The van der Waals surface area contributed by atoms with E-state index in [1.807, 2.05) is 63.2 Å². The average molecular weight is 484 g/mol. The molecule has 182 valence electrons. The molecule has 2 aromatic rings. The van der Waals surface area contributed by atoms with Crippen molar-refractivity contribution < 1.29 is 14.3 Å². The molecule has 4 rings (SSSR count). The summed E-state index contributed by atoms with van der Waals surface area (Å²) in [4.78, 5) is 29.8. The van der Waals surface area contributed by atoms with E-state index in [0.717, 1.165) is 43.5 Å². The van der Waals surface area contributed by atoms with E-state index in [1.165, 1.54) is 0 Å². The fourth-order valence-corrected chi connectivity index (χ4v) is 5.37. The number of carbonyl (C=O) groups excluding carboxylic acids is 2. The SMILES string of the molecule is CC(C)(C)OC(=O)N[C@]1(c2ccccc2)CC[C@@H](N2CCN(c3ccccc3Cl)C(=O)C2)CC1. The molecule has 1 aliphatic heterocycles. The van der Waals surface area contributed by atoms with E-state index in [9.17, 15) is 9.59 Å². The number of benzene rings is 2. The smallest absolute Gasteiger partial charge is 0.408 e. The Morgan fingerprint density at radius 1 is 1.03 bits per heavy atom. The highest BCUT2D eigenvalue weighted by Gasteiger charge is 2.41. The summed E-state index contributed by atoms with van der Waals surface area (Å²) < 4.78 is 5.59. The van der Waals surface area contributed by atoms with Crippen molar-refractivity contribution >= 4 is 29.3 Å². The maximum absolute atomic E-state index is 13.0. The molecule has 6 nitrogen and oxygen atoms in total. The van der Waals surface area contributed by atoms with E-state index in [2.05, 4.69) is 22.3 Å². The van der Waals surface area contributed by atoms with Gasteiger partial charge in [-0.05, 0) is 64.2 Å². The van der Waals surface area contributed by atoms with Crippen molar-refractivity contribution in [3.63, 3.8) is 0 Å². The number of ether oxygens (including phenoxy) is 1. The third-order valence-electron chi connectivity index (χ3n) is 6.79. The molecule has 0 unspecified atom stereocenters. The van der Waals surface area contributed by atoms with Gasteiger partial charge < -0.3 is 15.0 Å². The summed E-state index contributed by atoms with van der Waals surface area (Å²) in [6.07, 6.45) is 2.98. The second-order valence-electron chi connectivity index (χ2n) is 10.3. The van der Waals surface area contributed by atoms with Crippen molar-refractivity contribution in [3.05, 3.63) is 65.2 Å². The maximum atomic E-state index is 13.0. The average Bonchev–Trinajstić information content (AvgIpc) is 2.79. The Balaban J connectivity index is 1.43. The molecule has 1 aliphatic carbocycles. The Bertz CT molecular complexity index is 1010. The third-order valence-corrected chi connectivity index (χ3v) is 7.10. The van der Waals surface area contributed by atoms with Crippen LogP contribution in [0, 0.1) is 0 Å². The van der Waals surface area contributed by atoms with Crippen LogP contribution in [0.3, 0.4) is 0 Å². The number of rotatable bonds is 4. The van der Waals surface area contributed by atoms with Gasteiger partial charge >= 0.3 is 6.09 Å². The number of piperazine rings is 1. The summed E-state index contributed by atoms with van der Waals surface area (Å²) >= 11 is 6.33. The lowest BCUT2D eigenvalue weighted by Crippen LogP contribution is -2.57. The molecule has 1 saturated carbocycles. The molecule has 2 aromatic carbocycles. The van der Waals surface area contributed by atoms with Crippen LogP contribution in [0.2, 0.25) is 5.02 Å². The van der Waals surface area contributed by atoms with Crippen LogP contribution in [0.1, 0.15) is 52.0 Å². The standard InChI is InChI=1S/C27H34ClN3O3/c1-26(2,3)34-25(33)29-27(20-9-5-4-6-10-20)15-13-21(14-16-27)30-17-18-31(24(32)19-30)23-12-8-7-11-22(23)28/h4-12,21H,13-19H2,1-3H3,(H,29,33)/t21-,27-. The van der Waals surface area contributed by atoms with E-state index in [4.69, 9.17) is 16.3 Å². The quantitative estimate of drug-likeness (QED) is 0.636. The molecule has 0 aromatic heterocycles. The lowest BCUT2D eigenvalue weighted by atomic mass is 9.74. The van der Waals surface area contributed by atoms with Gasteiger partial charge in [0.1, 0.15) is 5.60 Å². The van der Waals surface area contributed by atoms with E-state index >= 15 is 0 Å². The second-order valence-corrected chi connectivity index (χ2v) is 10.7. The molecule has 0 spiro atoms. The van der Waals surface area contributed by atoms with Gasteiger partial charge in [0.15, 0.2) is 0 Å². The molecule has 1 heterocycles. The van der Waals surface area contributed by atoms with Crippen LogP contribution in [0.5, 0.6) is 0 Å². The van der Waals surface area contributed by atoms with Gasteiger partial charge in [-0.25, -0.2) is 4.79 Å². The third kappa shape index (κ3) is 5.56. The molecular weight excluding hydrogens is 450 g/mol. The van der Waals surface area contributed by atoms with Gasteiger partial charge in [-0.3, -0.25) is 9.69 Å². The molecule has 1 saturated heterocycles. The van der Waals surface area contributed by atoms with Crippen LogP contribution in [0.25, 0.3) is 0 Å². The molecular formula is C27H34ClN3O3. The predicted octanol–water partition coefficient (Wildman–Crippen LogP) is 5.35. The minimum Gasteiger partial charge on any atom is -0.444 e. The van der Waals surface area contributed by atoms with Gasteiger partial charge in [0.25, 0.3) is 0 Å². The van der Waals surface area contributed by atoms with Crippen molar-refractivity contribution in [1.82, 2.24) is 10.2 Å². The van der Waals surface area contributed by atoms with Gasteiger partial charge in [-0.1, -0.05) is 54.1 Å². The minimum atomic E-state index is -0.555. The second kappa shape index (κ2) is 9.96. The summed E-state index contributed by atoms with van der Waals surface area (Å²) in [7, 11) is 0. The number of anilines is 1. The normalized spacial score (nSPS) is 24.1. The molecule has 1 N–H and O–H groups in total. The lowest BCUT2D eigenvalue weighted by Gasteiger charge is -2.46. The van der Waals surface area contributed by atoms with E-state index in [1.54, 1.807) is 4.90 Å². The summed E-state index contributed by atoms with van der Waals surface area (Å²) in [5, 5.41) is 3.80. The van der Waals surface area contributed by atoms with Gasteiger partial charge in [-0.2, -0.15) is 0 Å². The van der Waals surface area contributed by atoms with Crippen molar-refractivity contribution in [3.8, 4) is 0 Å². The number of alkyl carbamates (subject to hydrolysis) is 1. The summed E-state index contributed by atoms with van der Waals surface area (Å²) in [5.41, 5.74) is 0.852. The zero-order valence-electron chi connectivity index (χ0n) is 20.2. The van der Waals surface area contributed by atoms with Crippen LogP contribution < -0.4 is 10.2 Å². The molecule has 7 heteroatoms. The van der Waals surface area contributed by atoms with Crippen LogP contribution >= 0.6 is 11.6 Å². The highest BCUT2D eigenvalue weighted by molar-refractivity contribution is 6.33. The molecule has 0 radical (unpaired) electrons. The van der Waals surface area contributed by atoms with Gasteiger partial charge in [0, 0.05) is 19.1 Å². The van der Waals surface area contributed by atoms with Crippen LogP contribution in [-0.2, 0) is 15.1 Å². The molecule has 2 fully saturated rings. The number of hydrogen-bond acceptors (Lipinski definition) is 4. The number of hydrogen-bond donors (Lipinski definition) is 1. The lowest BCUT2D eigenvalue weighted by molar-refractivity contribution is -0.122. The zero-order valence-corrected chi connectivity index (χ0v) is 21.0. The van der Waals surface area contributed by atoms with Crippen molar-refractivity contribution in [2.45, 2.75) is 63.6 Å². The summed E-state index contributed by atoms with van der Waals surface area (Å²) in [6, 6.07) is 17.9. The van der Waals surface area contributed by atoms with Gasteiger partial charge in [0.2, 0.25) is 5.91 Å². The Labute approximate surface area is 207 Å². The highest BCUT2D eigenvalue weighted by atomic mass is 35.5. The number of amides is 2. The van der Waals surface area contributed by atoms with Crippen LogP contribution in [0.15, 0.2) is 54.6 Å². The molecule has 2 amide bonds. The first kappa shape index (κ1) is 24.6. The summed E-state index contributed by atoms with van der Waals surface area (Å²) in [6.45, 7) is 7.43. The van der Waals surface area contributed by atoms with Crippen LogP contribution in [-0.4, -0.2) is 48.2 Å². The van der Waals surface area contributed by atoms with Gasteiger partial charge in [-0.15, -0.1) is 0 Å². The fourth-order valence-electron chi connectivity index (χ4n) is 5.13. The minimum absolute atomic E-state index is 0.0751.